The van der Waals surface area contributed by atoms with Crippen LogP contribution in [0.2, 0.25) is 39.3 Å². The van der Waals surface area contributed by atoms with Crippen molar-refractivity contribution in [2.75, 3.05) is 9.80 Å². The first-order valence-corrected chi connectivity index (χ1v) is 37.0. The second-order valence-corrected chi connectivity index (χ2v) is 36.0. The molecule has 0 saturated carbocycles. The molecule has 8 heteroatoms. The third kappa shape index (κ3) is 7.44. The molecule has 87 heavy (non-hydrogen) atoms. The molecule has 4 nitrogen and oxygen atoms in total. The van der Waals surface area contributed by atoms with Crippen LogP contribution in [0.1, 0.15) is 22.3 Å². The topological polar surface area (TPSA) is 32.8 Å². The molecule has 418 valence electrons. The van der Waals surface area contributed by atoms with E-state index in [4.69, 9.17) is 8.83 Å². The summed E-state index contributed by atoms with van der Waals surface area (Å²) in [5.41, 5.74) is 15.6. The van der Waals surface area contributed by atoms with Crippen LogP contribution in [0.3, 0.4) is 0 Å². The van der Waals surface area contributed by atoms with Crippen molar-refractivity contribution in [1.29, 1.82) is 0 Å². The van der Waals surface area contributed by atoms with Crippen LogP contribution in [-0.4, -0.2) is 16.1 Å². The van der Waals surface area contributed by atoms with Crippen molar-refractivity contribution in [3.8, 4) is 22.3 Å². The summed E-state index contributed by atoms with van der Waals surface area (Å²) in [6.07, 6.45) is 0. The second-order valence-electron chi connectivity index (χ2n) is 25.8. The number of halogens is 2. The first kappa shape index (κ1) is 51.5. The fraction of sp³-hybridized carbons (Fsp3) is 0.0886. The Morgan fingerprint density at radius 1 is 0.287 bits per heavy atom. The standard InChI is InChI=1S/C79H58F2N2O2Si2/c1-86(2,3)51-37-31-47(32-38-51)82(73-29-15-24-62-60-22-13-27-71(80)75(60)84-77(62)73)49-35-41-58-59-42-36-50(83(48-33-39-52(40-34-48)87(4,5)6)74-30-16-25-63-61-23-14-28-72(81)76(61)85-78(63)74)44-69(59)79(68(58)43-49)67-26-12-11-21-57(67)66-45-64-55-19-9-7-17-53(55)54-18-8-10-20-56(54)65(64)46-70(66)79/h7-46H,1-6H3. The first-order chi connectivity index (χ1) is 42.2. The molecular weight excluding hydrogens is 1100 g/mol. The van der Waals surface area contributed by atoms with Crippen LogP contribution in [0.15, 0.2) is 251 Å². The molecule has 1 spiro atoms. The van der Waals surface area contributed by atoms with Crippen molar-refractivity contribution >= 4 is 137 Å². The van der Waals surface area contributed by atoms with Gasteiger partial charge in [0.1, 0.15) is 0 Å². The largest absolute Gasteiger partial charge is 0.451 e. The van der Waals surface area contributed by atoms with Gasteiger partial charge in [0.2, 0.25) is 0 Å². The zero-order valence-electron chi connectivity index (χ0n) is 49.1. The first-order valence-electron chi connectivity index (χ1n) is 30.0. The number of fused-ring (bicyclic) bond motifs is 22. The summed E-state index contributed by atoms with van der Waals surface area (Å²) in [7, 11) is -3.41. The van der Waals surface area contributed by atoms with E-state index < -0.39 is 33.2 Å². The quantitative estimate of drug-likeness (QED) is 0.112. The van der Waals surface area contributed by atoms with Crippen LogP contribution < -0.4 is 20.2 Å². The zero-order valence-corrected chi connectivity index (χ0v) is 51.1. The number of rotatable bonds is 8. The number of para-hydroxylation sites is 4. The van der Waals surface area contributed by atoms with Crippen molar-refractivity contribution in [1.82, 2.24) is 0 Å². The molecule has 17 rings (SSSR count). The molecule has 2 heterocycles. The molecule has 15 aromatic rings. The van der Waals surface area contributed by atoms with Gasteiger partial charge in [0.15, 0.2) is 34.0 Å². The van der Waals surface area contributed by atoms with Gasteiger partial charge in [-0.15, -0.1) is 0 Å². The monoisotopic (exact) mass is 1160 g/mol. The summed E-state index contributed by atoms with van der Waals surface area (Å²) in [5, 5.41) is 13.1. The maximum atomic E-state index is 15.8. The van der Waals surface area contributed by atoms with E-state index in [1.807, 2.05) is 24.3 Å². The van der Waals surface area contributed by atoms with E-state index in [1.54, 1.807) is 12.1 Å². The van der Waals surface area contributed by atoms with E-state index in [0.717, 1.165) is 77.9 Å². The number of hydrogen-bond donors (Lipinski definition) is 0. The van der Waals surface area contributed by atoms with Crippen LogP contribution in [-0.2, 0) is 5.41 Å². The average Bonchev–Trinajstić information content (AvgIpc) is 1.51. The van der Waals surface area contributed by atoms with Gasteiger partial charge in [-0.05, 0) is 162 Å². The maximum absolute atomic E-state index is 15.8. The van der Waals surface area contributed by atoms with E-state index in [1.165, 1.54) is 77.1 Å². The maximum Gasteiger partial charge on any atom is 0.171 e. The second kappa shape index (κ2) is 18.6. The van der Waals surface area contributed by atoms with E-state index in [2.05, 4.69) is 243 Å². The lowest BCUT2D eigenvalue weighted by Crippen LogP contribution is -2.37. The molecule has 0 amide bonds. The smallest absolute Gasteiger partial charge is 0.171 e. The summed E-state index contributed by atoms with van der Waals surface area (Å²) in [5.74, 6) is -0.788. The number of anilines is 6. The van der Waals surface area contributed by atoms with Gasteiger partial charge in [-0.2, -0.15) is 0 Å². The molecule has 0 N–H and O–H groups in total. The van der Waals surface area contributed by atoms with Crippen LogP contribution in [0.4, 0.5) is 42.9 Å². The lowest BCUT2D eigenvalue weighted by atomic mass is 9.70. The minimum atomic E-state index is -1.71. The predicted octanol–water partition coefficient (Wildman–Crippen LogP) is 21.6. The van der Waals surface area contributed by atoms with Crippen molar-refractivity contribution in [2.24, 2.45) is 0 Å². The minimum absolute atomic E-state index is 0.240. The van der Waals surface area contributed by atoms with Gasteiger partial charge in [0.05, 0.1) is 32.9 Å². The molecule has 0 aliphatic heterocycles. The third-order valence-corrected chi connectivity index (χ3v) is 23.0. The van der Waals surface area contributed by atoms with E-state index >= 15 is 8.78 Å². The number of nitrogens with zero attached hydrogens (tertiary/aromatic N) is 2. The van der Waals surface area contributed by atoms with Gasteiger partial charge in [-0.25, -0.2) is 8.78 Å². The Morgan fingerprint density at radius 3 is 1.10 bits per heavy atom. The fourth-order valence-corrected chi connectivity index (χ4v) is 17.1. The number of benzene rings is 13. The lowest BCUT2D eigenvalue weighted by Gasteiger charge is -2.33. The molecule has 0 radical (unpaired) electrons. The summed E-state index contributed by atoms with van der Waals surface area (Å²) >= 11 is 0. The van der Waals surface area contributed by atoms with E-state index in [0.29, 0.717) is 11.2 Å². The van der Waals surface area contributed by atoms with Crippen LogP contribution in [0, 0.1) is 11.6 Å². The van der Waals surface area contributed by atoms with Crippen LogP contribution >= 0.6 is 0 Å². The van der Waals surface area contributed by atoms with Gasteiger partial charge in [0, 0.05) is 44.3 Å². The molecule has 2 aliphatic carbocycles. The molecule has 0 saturated heterocycles. The van der Waals surface area contributed by atoms with E-state index in [9.17, 15) is 0 Å². The molecule has 2 aromatic heterocycles. The van der Waals surface area contributed by atoms with Crippen molar-refractivity contribution in [2.45, 2.75) is 44.7 Å². The Balaban J connectivity index is 0.976. The minimum Gasteiger partial charge on any atom is -0.451 e. The average molecular weight is 1160 g/mol. The Morgan fingerprint density at radius 2 is 0.644 bits per heavy atom. The number of furan rings is 2. The summed E-state index contributed by atoms with van der Waals surface area (Å²) in [6, 6.07) is 86.5. The van der Waals surface area contributed by atoms with Gasteiger partial charge in [-0.3, -0.25) is 0 Å². The SMILES string of the molecule is C[Si](C)(C)c1ccc(N(c2ccc3c(c2)C2(c4ccccc4-c4cc5c6ccccc6c6ccccc6c5cc42)c2cc(N(c4ccc([Si](C)(C)C)cc4)c4cccc5c4oc4c(F)cccc45)ccc2-3)c2cccc3c2oc2c(F)cccc23)cc1. The Hall–Kier alpha value is -9.87. The van der Waals surface area contributed by atoms with E-state index in [-0.39, 0.29) is 11.2 Å². The zero-order chi connectivity index (χ0) is 58.8. The molecule has 0 bridgehead atoms. The molecular formula is C79H58F2N2O2Si2. The van der Waals surface area contributed by atoms with Gasteiger partial charge in [-0.1, -0.05) is 207 Å². The molecule has 0 atom stereocenters. The summed E-state index contributed by atoms with van der Waals surface area (Å²) in [4.78, 5) is 4.62. The van der Waals surface area contributed by atoms with Gasteiger partial charge < -0.3 is 18.6 Å². The Bertz CT molecular complexity index is 5190. The molecule has 13 aromatic carbocycles. The van der Waals surface area contributed by atoms with Crippen molar-refractivity contribution in [3.63, 3.8) is 0 Å². The fourth-order valence-electron chi connectivity index (χ4n) is 14.8. The highest BCUT2D eigenvalue weighted by atomic mass is 28.3. The third-order valence-electron chi connectivity index (χ3n) is 18.9. The predicted molar refractivity (Wildman–Crippen MR) is 365 cm³/mol. The van der Waals surface area contributed by atoms with Crippen molar-refractivity contribution < 1.29 is 17.6 Å². The van der Waals surface area contributed by atoms with Crippen LogP contribution in [0.5, 0.6) is 0 Å². The van der Waals surface area contributed by atoms with Gasteiger partial charge >= 0.3 is 0 Å². The number of hydrogen-bond acceptors (Lipinski definition) is 4. The highest BCUT2D eigenvalue weighted by Gasteiger charge is 2.52. The van der Waals surface area contributed by atoms with Crippen LogP contribution in [0.25, 0.3) is 98.4 Å². The summed E-state index contributed by atoms with van der Waals surface area (Å²) < 4.78 is 45.1. The highest BCUT2D eigenvalue weighted by molar-refractivity contribution is 6.89. The lowest BCUT2D eigenvalue weighted by molar-refractivity contribution is 0.584. The molecule has 0 fully saturated rings. The Kier molecular flexibility index (Phi) is 11.0. The normalized spacial score (nSPS) is 13.4. The van der Waals surface area contributed by atoms with Gasteiger partial charge in [0.25, 0.3) is 0 Å². The molecule has 2 aliphatic rings. The molecule has 0 unspecified atom stereocenters. The highest BCUT2D eigenvalue weighted by Crippen LogP contribution is 2.65. The van der Waals surface area contributed by atoms with Crippen molar-refractivity contribution in [3.05, 3.63) is 277 Å². The Labute approximate surface area is 504 Å². The summed E-state index contributed by atoms with van der Waals surface area (Å²) in [6.45, 7) is 14.3.